The van der Waals surface area contributed by atoms with Crippen LogP contribution in [0.15, 0.2) is 0 Å². The highest BCUT2D eigenvalue weighted by molar-refractivity contribution is 5.72. The van der Waals surface area contributed by atoms with Crippen LogP contribution in [-0.4, -0.2) is 200 Å². The maximum atomic E-state index is 12.3. The van der Waals surface area contributed by atoms with Crippen LogP contribution in [0.1, 0.15) is 592 Å². The Bertz CT molecular complexity index is 3320. The van der Waals surface area contributed by atoms with E-state index >= 15 is 0 Å². The van der Waals surface area contributed by atoms with Crippen molar-refractivity contribution in [3.8, 4) is 0 Å². The number of ether oxygens (including phenoxy) is 16. The van der Waals surface area contributed by atoms with Gasteiger partial charge in [0.15, 0.2) is 0 Å². The van der Waals surface area contributed by atoms with Gasteiger partial charge in [-0.2, -0.15) is 0 Å². The minimum absolute atomic E-state index is 0.00332. The van der Waals surface area contributed by atoms with Crippen LogP contribution in [0.3, 0.4) is 0 Å². The molecule has 0 saturated carbocycles. The van der Waals surface area contributed by atoms with Gasteiger partial charge in [-0.1, -0.05) is 361 Å². The lowest BCUT2D eigenvalue weighted by atomic mass is 9.84. The zero-order chi connectivity index (χ0) is 106. The largest absolute Gasteiger partial charge is 0.466 e. The Balaban J connectivity index is 0.424. The summed E-state index contributed by atoms with van der Waals surface area (Å²) in [7, 11) is 0. The summed E-state index contributed by atoms with van der Waals surface area (Å²) in [4.78, 5) is 97.8. The first-order valence-electron chi connectivity index (χ1n) is 64.0. The van der Waals surface area contributed by atoms with Gasteiger partial charge in [-0.05, 0) is 180 Å². The van der Waals surface area contributed by atoms with E-state index in [4.69, 9.17) is 75.8 Å². The Morgan fingerprint density at radius 1 is 0.160 bits per heavy atom. The van der Waals surface area contributed by atoms with Gasteiger partial charge in [0.25, 0.3) is 0 Å². The fourth-order valence-electron chi connectivity index (χ4n) is 22.2. The fourth-order valence-corrected chi connectivity index (χ4v) is 22.2. The molecule has 8 aliphatic heterocycles. The van der Waals surface area contributed by atoms with Crippen LogP contribution in [-0.2, 0) is 114 Å². The van der Waals surface area contributed by atoms with Crippen molar-refractivity contribution in [1.82, 2.24) is 0 Å². The molecular formula is C126H222O24. The monoisotopic (exact) mass is 2120 g/mol. The molecule has 24 heteroatoms. The summed E-state index contributed by atoms with van der Waals surface area (Å²) in [5.41, 5.74) is 0.0718. The van der Waals surface area contributed by atoms with Crippen LogP contribution in [0.2, 0.25) is 0 Å². The predicted octanol–water partition coefficient (Wildman–Crippen LogP) is 31.1. The van der Waals surface area contributed by atoms with E-state index in [0.29, 0.717) is 217 Å². The number of esters is 8. The Hall–Kier alpha value is -4.56. The predicted molar refractivity (Wildman–Crippen MR) is 593 cm³/mol. The van der Waals surface area contributed by atoms with E-state index in [-0.39, 0.29) is 58.6 Å². The molecule has 870 valence electrons. The van der Waals surface area contributed by atoms with Gasteiger partial charge in [-0.15, -0.1) is 0 Å². The molecule has 0 bridgehead atoms. The average Bonchev–Trinajstić information content (AvgIpc) is 1.61. The second-order valence-electron chi connectivity index (χ2n) is 47.1. The van der Waals surface area contributed by atoms with Crippen LogP contribution in [0, 0.1) is 10.8 Å². The summed E-state index contributed by atoms with van der Waals surface area (Å²) in [5, 5.41) is 0. The molecule has 12 atom stereocenters. The molecule has 0 amide bonds. The van der Waals surface area contributed by atoms with E-state index in [2.05, 4.69) is 13.8 Å². The molecule has 8 saturated heterocycles. The van der Waals surface area contributed by atoms with E-state index in [9.17, 15) is 38.4 Å². The van der Waals surface area contributed by atoms with Crippen LogP contribution < -0.4 is 0 Å². The van der Waals surface area contributed by atoms with Crippen molar-refractivity contribution in [1.29, 1.82) is 0 Å². The van der Waals surface area contributed by atoms with E-state index in [1.165, 1.54) is 295 Å². The van der Waals surface area contributed by atoms with Crippen molar-refractivity contribution < 1.29 is 114 Å². The molecule has 24 nitrogen and oxygen atoms in total. The van der Waals surface area contributed by atoms with Gasteiger partial charge in [0.05, 0.1) is 150 Å². The van der Waals surface area contributed by atoms with Crippen molar-refractivity contribution in [2.24, 2.45) is 10.8 Å². The number of rotatable bonds is 113. The summed E-state index contributed by atoms with van der Waals surface area (Å²) in [6, 6.07) is 0. The summed E-state index contributed by atoms with van der Waals surface area (Å²) in [5.74, 6) is -0.622. The first kappa shape index (κ1) is 131. The molecule has 0 N–H and O–H groups in total. The van der Waals surface area contributed by atoms with E-state index in [1.54, 1.807) is 0 Å². The summed E-state index contributed by atoms with van der Waals surface area (Å²) in [6.45, 7) is 11.1. The fraction of sp³-hybridized carbons (Fsp3) is 0.937. The van der Waals surface area contributed by atoms with Crippen LogP contribution in [0.4, 0.5) is 0 Å². The highest BCUT2D eigenvalue weighted by Gasteiger charge is 2.43. The van der Waals surface area contributed by atoms with Crippen molar-refractivity contribution in [2.75, 3.05) is 79.3 Å². The van der Waals surface area contributed by atoms with Crippen molar-refractivity contribution in [3.05, 3.63) is 0 Å². The van der Waals surface area contributed by atoms with E-state index in [0.717, 1.165) is 218 Å². The lowest BCUT2D eigenvalue weighted by Gasteiger charge is -2.39. The number of carbonyl (C=O) groups excluding carboxylic acids is 8. The number of epoxide rings is 6. The zero-order valence-corrected chi connectivity index (χ0v) is 95.9. The molecule has 0 spiro atoms. The highest BCUT2D eigenvalue weighted by atomic mass is 16.6. The second kappa shape index (κ2) is 86.4. The lowest BCUT2D eigenvalue weighted by molar-refractivity contribution is -0.171. The average molecular weight is 2120 g/mol. The van der Waals surface area contributed by atoms with Gasteiger partial charge in [0.2, 0.25) is 0 Å². The van der Waals surface area contributed by atoms with Gasteiger partial charge in [0.1, 0.15) is 13.2 Å². The molecule has 150 heavy (non-hydrogen) atoms. The van der Waals surface area contributed by atoms with Gasteiger partial charge in [-0.25, -0.2) is 0 Å². The molecule has 0 aromatic heterocycles. The maximum absolute atomic E-state index is 12.3. The molecule has 8 heterocycles. The quantitative estimate of drug-likeness (QED) is 0.0236. The standard InChI is InChI=1S/C126H222O24/c1-3-125(99-135-100-125)103-143-123(133)90-64-40-22-34-58-84-116-110(150-116)78-51-27-9-15-45-71-97-141-121(131)88-62-38-20-32-56-82-114-108(148-114)76-49-25-7-13-43-69-95-139-119(129)86-60-36-18-30-54-80-112-106(146-112)74-47-23-5-11-41-67-93-137-117(127)85-59-35-17-29-53-79-111-105(145-111)73-48-24-6-12-42-68-94-138-118(128)87-61-37-19-31-55-81-113-107(147-113)75-50-26-8-14-44-70-96-140-120(130)89-63-39-21-33-57-83-115-109(149-115)77-52-28-10-16-46-72-98-142-122(132)91-65-66-92-124(134)144-104-126(4-2)101-136-102-126/h105-116H,3-104H2,1-2H3. The molecule has 12 unspecified atom stereocenters. The minimum atomic E-state index is -0.195. The van der Waals surface area contributed by atoms with Gasteiger partial charge in [-0.3, -0.25) is 38.4 Å². The lowest BCUT2D eigenvalue weighted by Crippen LogP contribution is -2.46. The zero-order valence-electron chi connectivity index (χ0n) is 95.9. The van der Waals surface area contributed by atoms with E-state index < -0.39 is 0 Å². The maximum Gasteiger partial charge on any atom is 0.305 e. The summed E-state index contributed by atoms with van der Waals surface area (Å²) in [6.07, 6.45) is 102. The van der Waals surface area contributed by atoms with Crippen molar-refractivity contribution in [3.63, 3.8) is 0 Å². The SMILES string of the molecule is CCC1(COC(=O)CCCCCCCC2OC2CCCCCCCCOC(=O)CCCCCCCC2OC2CCCCCCCCOC(=O)CCCCCCCC2OC2CCCCCCCCOC(=O)CCCCCCCC2OC2CCCCCCCCOC(=O)CCCCCCCC2OC2CCCCCCCCOC(=O)CCCCCCCC2OC2CCCCCCCCOC(=O)CCCCC(=O)OCC2(CC)COC2)COC1. The second-order valence-corrected chi connectivity index (χ2v) is 47.1. The molecule has 8 rings (SSSR count). The Labute approximate surface area is 911 Å². The summed E-state index contributed by atoms with van der Waals surface area (Å²) >= 11 is 0. The minimum Gasteiger partial charge on any atom is -0.466 e. The third kappa shape index (κ3) is 69.6. The third-order valence-corrected chi connectivity index (χ3v) is 33.4. The normalized spacial score (nSPS) is 21.2. The van der Waals surface area contributed by atoms with Gasteiger partial charge < -0.3 is 75.8 Å². The number of carbonyl (C=O) groups is 8. The molecule has 8 fully saturated rings. The van der Waals surface area contributed by atoms with Crippen molar-refractivity contribution in [2.45, 2.75) is 665 Å². The summed E-state index contributed by atoms with van der Waals surface area (Å²) < 4.78 is 90.5. The van der Waals surface area contributed by atoms with Crippen molar-refractivity contribution >= 4 is 47.8 Å². The molecular weight excluding hydrogens is 1900 g/mol. The molecule has 0 aromatic carbocycles. The number of hydrogen-bond donors (Lipinski definition) is 0. The highest BCUT2D eigenvalue weighted by Crippen LogP contribution is 2.40. The molecule has 0 aliphatic carbocycles. The van der Waals surface area contributed by atoms with Crippen LogP contribution in [0.5, 0.6) is 0 Å². The number of unbranched alkanes of at least 4 members (excludes halogenated alkanes) is 55. The van der Waals surface area contributed by atoms with Crippen LogP contribution in [0.25, 0.3) is 0 Å². The molecule has 0 radical (unpaired) electrons. The molecule has 8 aliphatic rings. The van der Waals surface area contributed by atoms with Crippen LogP contribution >= 0.6 is 0 Å². The number of hydrogen-bond acceptors (Lipinski definition) is 24. The van der Waals surface area contributed by atoms with E-state index in [1.807, 2.05) is 0 Å². The third-order valence-electron chi connectivity index (χ3n) is 33.4. The first-order chi connectivity index (χ1) is 73.7. The van der Waals surface area contributed by atoms with Gasteiger partial charge in [0, 0.05) is 51.4 Å². The van der Waals surface area contributed by atoms with Gasteiger partial charge >= 0.3 is 47.8 Å². The Morgan fingerprint density at radius 3 is 0.400 bits per heavy atom. The first-order valence-corrected chi connectivity index (χ1v) is 64.0. The smallest absolute Gasteiger partial charge is 0.305 e. The Kier molecular flexibility index (Phi) is 75.2. The molecule has 0 aromatic rings. The topological polar surface area (TPSA) is 304 Å². The Morgan fingerprint density at radius 2 is 0.273 bits per heavy atom.